The number of carbonyl (C=O) groups is 2. The second-order valence-corrected chi connectivity index (χ2v) is 10.8. The van der Waals surface area contributed by atoms with Gasteiger partial charge in [0, 0.05) is 31.0 Å². The van der Waals surface area contributed by atoms with E-state index in [1.807, 2.05) is 32.0 Å². The summed E-state index contributed by atoms with van der Waals surface area (Å²) >= 11 is 0. The van der Waals surface area contributed by atoms with Gasteiger partial charge in [-0.05, 0) is 74.6 Å². The van der Waals surface area contributed by atoms with Crippen molar-refractivity contribution in [1.82, 2.24) is 4.31 Å². The van der Waals surface area contributed by atoms with Crippen LogP contribution in [0.25, 0.3) is 0 Å². The van der Waals surface area contributed by atoms with Crippen molar-refractivity contribution in [3.05, 3.63) is 47.5 Å². The Hall–Kier alpha value is -2.91. The first-order valence-corrected chi connectivity index (χ1v) is 13.0. The zero-order valence-electron chi connectivity index (χ0n) is 19.8. The molecule has 34 heavy (non-hydrogen) atoms. The minimum atomic E-state index is -3.76. The molecule has 8 nitrogen and oxygen atoms in total. The van der Waals surface area contributed by atoms with Crippen molar-refractivity contribution in [3.63, 3.8) is 0 Å². The van der Waals surface area contributed by atoms with Crippen LogP contribution in [0.3, 0.4) is 0 Å². The van der Waals surface area contributed by atoms with Crippen molar-refractivity contribution in [3.8, 4) is 5.75 Å². The summed E-state index contributed by atoms with van der Waals surface area (Å²) in [6, 6.07) is 10.3. The molecule has 0 aromatic heterocycles. The van der Waals surface area contributed by atoms with Crippen molar-refractivity contribution in [2.75, 3.05) is 37.0 Å². The van der Waals surface area contributed by atoms with E-state index in [0.717, 1.165) is 36.1 Å². The first-order valence-electron chi connectivity index (χ1n) is 11.6. The van der Waals surface area contributed by atoms with E-state index >= 15 is 0 Å². The van der Waals surface area contributed by atoms with Gasteiger partial charge in [0.2, 0.25) is 21.8 Å². The standard InChI is InChI=1S/C25H31N3O5S/c1-17-7-9-20(15-18(17)2)28-14-11-21(25(28)30)24(29)26-19-8-10-22(33-3)23(16-19)34(31,32)27-12-5-4-6-13-27/h7-10,15-16,21H,4-6,11-14H2,1-3H3,(H,26,29). The van der Waals surface area contributed by atoms with Crippen molar-refractivity contribution in [1.29, 1.82) is 0 Å². The quantitative estimate of drug-likeness (QED) is 0.632. The van der Waals surface area contributed by atoms with Gasteiger partial charge in [-0.25, -0.2) is 8.42 Å². The number of amides is 2. The number of anilines is 2. The van der Waals surface area contributed by atoms with Crippen molar-refractivity contribution < 1.29 is 22.7 Å². The molecule has 2 aliphatic rings. The van der Waals surface area contributed by atoms with Gasteiger partial charge in [0.25, 0.3) is 0 Å². The number of nitrogens with one attached hydrogen (secondary N) is 1. The van der Waals surface area contributed by atoms with Crippen LogP contribution in [0.5, 0.6) is 5.75 Å². The molecular formula is C25H31N3O5S. The fraction of sp³-hybridized carbons (Fsp3) is 0.440. The molecule has 2 fully saturated rings. The van der Waals surface area contributed by atoms with Crippen LogP contribution in [0.1, 0.15) is 36.8 Å². The molecule has 0 bridgehead atoms. The average molecular weight is 486 g/mol. The molecule has 1 unspecified atom stereocenters. The number of piperidine rings is 1. The van der Waals surface area contributed by atoms with Crippen molar-refractivity contribution in [2.45, 2.75) is 44.4 Å². The van der Waals surface area contributed by atoms with Gasteiger partial charge >= 0.3 is 0 Å². The summed E-state index contributed by atoms with van der Waals surface area (Å²) in [6.07, 6.45) is 3.04. The van der Waals surface area contributed by atoms with E-state index in [1.165, 1.54) is 23.5 Å². The molecule has 1 atom stereocenters. The first-order chi connectivity index (χ1) is 16.2. The van der Waals surface area contributed by atoms with E-state index in [9.17, 15) is 18.0 Å². The van der Waals surface area contributed by atoms with Gasteiger partial charge in [-0.1, -0.05) is 12.5 Å². The van der Waals surface area contributed by atoms with Gasteiger partial charge < -0.3 is 15.0 Å². The molecule has 2 aromatic rings. The van der Waals surface area contributed by atoms with Gasteiger partial charge in [0.05, 0.1) is 7.11 Å². The van der Waals surface area contributed by atoms with Crippen LogP contribution in [0, 0.1) is 19.8 Å². The van der Waals surface area contributed by atoms with Crippen LogP contribution < -0.4 is 15.0 Å². The van der Waals surface area contributed by atoms with Gasteiger partial charge in [0.1, 0.15) is 16.6 Å². The molecule has 182 valence electrons. The summed E-state index contributed by atoms with van der Waals surface area (Å²) in [5.41, 5.74) is 3.32. The molecule has 4 rings (SSSR count). The lowest BCUT2D eigenvalue weighted by Crippen LogP contribution is -2.36. The Morgan fingerprint density at radius 2 is 1.74 bits per heavy atom. The predicted molar refractivity (Wildman–Crippen MR) is 131 cm³/mol. The van der Waals surface area contributed by atoms with Crippen molar-refractivity contribution in [2.24, 2.45) is 5.92 Å². The molecular weight excluding hydrogens is 454 g/mol. The zero-order valence-corrected chi connectivity index (χ0v) is 20.7. The van der Waals surface area contributed by atoms with E-state index in [2.05, 4.69) is 5.32 Å². The fourth-order valence-electron chi connectivity index (χ4n) is 4.50. The molecule has 1 N–H and O–H groups in total. The number of ether oxygens (including phenoxy) is 1. The minimum Gasteiger partial charge on any atom is -0.495 e. The van der Waals surface area contributed by atoms with Gasteiger partial charge in [-0.15, -0.1) is 0 Å². The maximum atomic E-state index is 13.2. The number of carbonyl (C=O) groups excluding carboxylic acids is 2. The van der Waals surface area contributed by atoms with Crippen LogP contribution in [0.4, 0.5) is 11.4 Å². The number of benzene rings is 2. The number of methoxy groups -OCH3 is 1. The Morgan fingerprint density at radius 1 is 1.00 bits per heavy atom. The molecule has 0 saturated carbocycles. The lowest BCUT2D eigenvalue weighted by molar-refractivity contribution is -0.129. The highest BCUT2D eigenvalue weighted by atomic mass is 32.2. The maximum absolute atomic E-state index is 13.2. The second-order valence-electron chi connectivity index (χ2n) is 8.92. The Bertz CT molecular complexity index is 1210. The fourth-order valence-corrected chi connectivity index (χ4v) is 6.20. The summed E-state index contributed by atoms with van der Waals surface area (Å²) in [7, 11) is -2.35. The Balaban J connectivity index is 1.52. The molecule has 2 amide bonds. The molecule has 2 aliphatic heterocycles. The SMILES string of the molecule is COc1ccc(NC(=O)C2CCN(c3ccc(C)c(C)c3)C2=O)cc1S(=O)(=O)N1CCCCC1. The van der Waals surface area contributed by atoms with Crippen LogP contribution >= 0.6 is 0 Å². The van der Waals surface area contributed by atoms with E-state index < -0.39 is 21.8 Å². The Morgan fingerprint density at radius 3 is 2.41 bits per heavy atom. The lowest BCUT2D eigenvalue weighted by Gasteiger charge is -2.26. The van der Waals surface area contributed by atoms with Crippen LogP contribution in [-0.2, 0) is 19.6 Å². The average Bonchev–Trinajstić information content (AvgIpc) is 3.22. The van der Waals surface area contributed by atoms with Gasteiger partial charge in [-0.3, -0.25) is 9.59 Å². The molecule has 0 aliphatic carbocycles. The predicted octanol–water partition coefficient (Wildman–Crippen LogP) is 3.48. The number of rotatable bonds is 6. The van der Waals surface area contributed by atoms with Crippen LogP contribution in [-0.4, -0.2) is 51.3 Å². The third kappa shape index (κ3) is 4.67. The topological polar surface area (TPSA) is 96.0 Å². The number of hydrogen-bond acceptors (Lipinski definition) is 5. The highest BCUT2D eigenvalue weighted by Crippen LogP contribution is 2.32. The number of sulfonamides is 1. The number of nitrogens with zero attached hydrogens (tertiary/aromatic N) is 2. The third-order valence-electron chi connectivity index (χ3n) is 6.69. The van der Waals surface area contributed by atoms with E-state index in [4.69, 9.17) is 4.74 Å². The van der Waals surface area contributed by atoms with E-state index in [1.54, 1.807) is 11.0 Å². The second kappa shape index (κ2) is 9.76. The van der Waals surface area contributed by atoms with E-state index in [-0.39, 0.29) is 16.6 Å². The molecule has 2 aromatic carbocycles. The number of hydrogen-bond donors (Lipinski definition) is 1. The summed E-state index contributed by atoms with van der Waals surface area (Å²) in [6.45, 7) is 5.38. The van der Waals surface area contributed by atoms with Gasteiger partial charge in [-0.2, -0.15) is 4.31 Å². The van der Waals surface area contributed by atoms with Gasteiger partial charge in [0.15, 0.2) is 0 Å². The highest BCUT2D eigenvalue weighted by molar-refractivity contribution is 7.89. The molecule has 2 saturated heterocycles. The normalized spacial score (nSPS) is 19.3. The van der Waals surface area contributed by atoms with Crippen LogP contribution in [0.2, 0.25) is 0 Å². The van der Waals surface area contributed by atoms with Crippen molar-refractivity contribution >= 4 is 33.2 Å². The minimum absolute atomic E-state index is 0.0178. The molecule has 2 heterocycles. The summed E-state index contributed by atoms with van der Waals surface area (Å²) in [5.74, 6) is -1.30. The lowest BCUT2D eigenvalue weighted by atomic mass is 10.1. The Kier molecular flexibility index (Phi) is 6.95. The third-order valence-corrected chi connectivity index (χ3v) is 8.61. The maximum Gasteiger partial charge on any atom is 0.246 e. The molecule has 0 radical (unpaired) electrons. The zero-order chi connectivity index (χ0) is 24.5. The highest BCUT2D eigenvalue weighted by Gasteiger charge is 2.38. The Labute approximate surface area is 200 Å². The molecule has 0 spiro atoms. The first kappa shape index (κ1) is 24.2. The summed E-state index contributed by atoms with van der Waals surface area (Å²) in [4.78, 5) is 27.7. The van der Waals surface area contributed by atoms with E-state index in [0.29, 0.717) is 31.7 Å². The molecule has 9 heteroatoms. The number of aryl methyl sites for hydroxylation is 2. The monoisotopic (exact) mass is 485 g/mol. The largest absolute Gasteiger partial charge is 0.495 e. The van der Waals surface area contributed by atoms with Crippen LogP contribution in [0.15, 0.2) is 41.3 Å². The smallest absolute Gasteiger partial charge is 0.246 e. The summed E-state index contributed by atoms with van der Waals surface area (Å²) < 4.78 is 33.2. The summed E-state index contributed by atoms with van der Waals surface area (Å²) in [5, 5.41) is 2.75.